The maximum atomic E-state index is 12.4. The molecular formula is C19H19N3O4. The van der Waals surface area contributed by atoms with Crippen LogP contribution in [0.4, 0.5) is 11.4 Å². The van der Waals surface area contributed by atoms with Gasteiger partial charge in [-0.2, -0.15) is 10.2 Å². The Balaban J connectivity index is 2.15. The van der Waals surface area contributed by atoms with Gasteiger partial charge >= 0.3 is 5.97 Å². The highest BCUT2D eigenvalue weighted by atomic mass is 16.4. The van der Waals surface area contributed by atoms with Crippen molar-refractivity contribution < 1.29 is 19.5 Å². The summed E-state index contributed by atoms with van der Waals surface area (Å²) in [5, 5.41) is 19.3. The third-order valence-electron chi connectivity index (χ3n) is 3.68. The number of hydrogen-bond acceptors (Lipinski definition) is 5. The number of nitrogens with one attached hydrogen (secondary N) is 1. The van der Waals surface area contributed by atoms with Gasteiger partial charge in [0.2, 0.25) is 6.04 Å². The molecule has 134 valence electrons. The Morgan fingerprint density at radius 2 is 1.69 bits per heavy atom. The quantitative estimate of drug-likeness (QED) is 0.610. The summed E-state index contributed by atoms with van der Waals surface area (Å²) in [6.45, 7) is 5.07. The Hall–Kier alpha value is -3.35. The second-order valence-electron chi connectivity index (χ2n) is 5.89. The lowest BCUT2D eigenvalue weighted by molar-refractivity contribution is -0.126. The lowest BCUT2D eigenvalue weighted by atomic mass is 10.1. The fourth-order valence-electron chi connectivity index (χ4n) is 2.27. The predicted octanol–water partition coefficient (Wildman–Crippen LogP) is 3.68. The lowest BCUT2D eigenvalue weighted by Crippen LogP contribution is -2.32. The SMILES string of the molecule is CC(=O)C(N=Nc1ccc(C(=O)O)cc1)C(=O)Nc1ccc(C)cc1C. The molecule has 1 unspecified atom stereocenters. The molecule has 0 saturated heterocycles. The summed E-state index contributed by atoms with van der Waals surface area (Å²) in [7, 11) is 0. The minimum atomic E-state index is -1.28. The number of anilines is 1. The van der Waals surface area contributed by atoms with Crippen molar-refractivity contribution in [1.82, 2.24) is 0 Å². The van der Waals surface area contributed by atoms with Gasteiger partial charge in [0.15, 0.2) is 5.78 Å². The number of aryl methyl sites for hydroxylation is 2. The van der Waals surface area contributed by atoms with Crippen molar-refractivity contribution in [2.75, 3.05) is 5.32 Å². The van der Waals surface area contributed by atoms with Gasteiger partial charge in [-0.3, -0.25) is 9.59 Å². The molecule has 0 aliphatic carbocycles. The van der Waals surface area contributed by atoms with Crippen molar-refractivity contribution in [2.24, 2.45) is 10.2 Å². The molecule has 2 aromatic rings. The average Bonchev–Trinajstić information content (AvgIpc) is 2.57. The van der Waals surface area contributed by atoms with E-state index in [2.05, 4.69) is 15.5 Å². The number of nitrogens with zero attached hydrogens (tertiary/aromatic N) is 2. The molecule has 1 atom stereocenters. The number of carboxylic acid groups (broad SMARTS) is 1. The van der Waals surface area contributed by atoms with Crippen LogP contribution in [0.15, 0.2) is 52.7 Å². The van der Waals surface area contributed by atoms with Gasteiger partial charge in [0.25, 0.3) is 5.91 Å². The van der Waals surface area contributed by atoms with Crippen molar-refractivity contribution in [3.8, 4) is 0 Å². The van der Waals surface area contributed by atoms with Crippen LogP contribution in [0.25, 0.3) is 0 Å². The largest absolute Gasteiger partial charge is 0.478 e. The molecule has 0 heterocycles. The Morgan fingerprint density at radius 1 is 1.04 bits per heavy atom. The zero-order valence-corrected chi connectivity index (χ0v) is 14.7. The molecule has 0 aliphatic rings. The molecule has 7 nitrogen and oxygen atoms in total. The molecule has 2 N–H and O–H groups in total. The number of Topliss-reactive ketones (excluding diaryl/α,β-unsaturated/α-hetero) is 1. The molecule has 2 aromatic carbocycles. The lowest BCUT2D eigenvalue weighted by Gasteiger charge is -2.12. The highest BCUT2D eigenvalue weighted by Crippen LogP contribution is 2.18. The summed E-state index contributed by atoms with van der Waals surface area (Å²) in [5.74, 6) is -2.07. The van der Waals surface area contributed by atoms with Crippen molar-refractivity contribution in [3.63, 3.8) is 0 Å². The third kappa shape index (κ3) is 4.83. The van der Waals surface area contributed by atoms with E-state index in [0.29, 0.717) is 11.4 Å². The number of benzene rings is 2. The summed E-state index contributed by atoms with van der Waals surface area (Å²) in [6, 6.07) is 9.90. The van der Waals surface area contributed by atoms with E-state index in [0.717, 1.165) is 11.1 Å². The fourth-order valence-corrected chi connectivity index (χ4v) is 2.27. The van der Waals surface area contributed by atoms with E-state index >= 15 is 0 Å². The van der Waals surface area contributed by atoms with Crippen LogP contribution >= 0.6 is 0 Å². The molecule has 0 saturated carbocycles. The second-order valence-corrected chi connectivity index (χ2v) is 5.89. The van der Waals surface area contributed by atoms with Crippen LogP contribution in [-0.2, 0) is 9.59 Å². The van der Waals surface area contributed by atoms with Gasteiger partial charge in [-0.05, 0) is 56.7 Å². The molecule has 1 amide bonds. The van der Waals surface area contributed by atoms with Gasteiger partial charge in [0, 0.05) is 5.69 Å². The van der Waals surface area contributed by atoms with Crippen LogP contribution in [0.3, 0.4) is 0 Å². The van der Waals surface area contributed by atoms with Gasteiger partial charge < -0.3 is 10.4 Å². The van der Waals surface area contributed by atoms with Crippen LogP contribution < -0.4 is 5.32 Å². The highest BCUT2D eigenvalue weighted by molar-refractivity contribution is 6.10. The van der Waals surface area contributed by atoms with Crippen LogP contribution in [0, 0.1) is 13.8 Å². The smallest absolute Gasteiger partial charge is 0.335 e. The molecule has 0 fully saturated rings. The Labute approximate surface area is 150 Å². The predicted molar refractivity (Wildman–Crippen MR) is 96.9 cm³/mol. The standard InChI is InChI=1S/C19H19N3O4/c1-11-4-9-16(12(2)10-11)20-18(24)17(13(3)23)22-21-15-7-5-14(6-8-15)19(25)26/h4-10,17H,1-3H3,(H,20,24)(H,25,26). The number of carboxylic acids is 1. The second kappa shape index (κ2) is 8.15. The van der Waals surface area contributed by atoms with Crippen LogP contribution in [0.2, 0.25) is 0 Å². The number of ketones is 1. The van der Waals surface area contributed by atoms with Gasteiger partial charge in [-0.1, -0.05) is 17.7 Å². The maximum Gasteiger partial charge on any atom is 0.335 e. The Kier molecular flexibility index (Phi) is 5.95. The number of hydrogen-bond donors (Lipinski definition) is 2. The van der Waals surface area contributed by atoms with Crippen molar-refractivity contribution in [2.45, 2.75) is 26.8 Å². The van der Waals surface area contributed by atoms with E-state index in [4.69, 9.17) is 5.11 Å². The minimum Gasteiger partial charge on any atom is -0.478 e. The Bertz CT molecular complexity index is 873. The van der Waals surface area contributed by atoms with E-state index < -0.39 is 23.7 Å². The van der Waals surface area contributed by atoms with E-state index in [1.54, 1.807) is 6.07 Å². The molecule has 0 aromatic heterocycles. The first-order chi connectivity index (χ1) is 12.3. The zero-order valence-electron chi connectivity index (χ0n) is 14.7. The van der Waals surface area contributed by atoms with E-state index in [1.807, 2.05) is 26.0 Å². The molecule has 0 bridgehead atoms. The number of amides is 1. The topological polar surface area (TPSA) is 108 Å². The van der Waals surface area contributed by atoms with Gasteiger partial charge in [-0.15, -0.1) is 0 Å². The third-order valence-corrected chi connectivity index (χ3v) is 3.68. The molecule has 0 aliphatic heterocycles. The normalized spacial score (nSPS) is 12.0. The molecule has 2 rings (SSSR count). The van der Waals surface area contributed by atoms with Crippen molar-refractivity contribution >= 4 is 29.0 Å². The number of rotatable bonds is 6. The summed E-state index contributed by atoms with van der Waals surface area (Å²) in [4.78, 5) is 35.0. The van der Waals surface area contributed by atoms with Crippen LogP contribution in [0.1, 0.15) is 28.4 Å². The summed E-state index contributed by atoms with van der Waals surface area (Å²) in [6.07, 6.45) is 0. The first-order valence-electron chi connectivity index (χ1n) is 7.90. The number of carbonyl (C=O) groups is 3. The number of carbonyl (C=O) groups excluding carboxylic acids is 2. The fraction of sp³-hybridized carbons (Fsp3) is 0.211. The summed E-state index contributed by atoms with van der Waals surface area (Å²) >= 11 is 0. The number of aromatic carboxylic acids is 1. The van der Waals surface area contributed by atoms with Gasteiger partial charge in [0.1, 0.15) is 0 Å². The number of azo groups is 1. The van der Waals surface area contributed by atoms with E-state index in [1.165, 1.54) is 31.2 Å². The molecule has 7 heteroatoms. The molecule has 26 heavy (non-hydrogen) atoms. The molecule has 0 spiro atoms. The monoisotopic (exact) mass is 353 g/mol. The average molecular weight is 353 g/mol. The maximum absolute atomic E-state index is 12.4. The first-order valence-corrected chi connectivity index (χ1v) is 7.90. The van der Waals surface area contributed by atoms with Crippen LogP contribution in [0.5, 0.6) is 0 Å². The van der Waals surface area contributed by atoms with Crippen molar-refractivity contribution in [1.29, 1.82) is 0 Å². The van der Waals surface area contributed by atoms with Crippen LogP contribution in [-0.4, -0.2) is 28.8 Å². The zero-order chi connectivity index (χ0) is 19.3. The Morgan fingerprint density at radius 3 is 2.23 bits per heavy atom. The van der Waals surface area contributed by atoms with E-state index in [-0.39, 0.29) is 5.56 Å². The van der Waals surface area contributed by atoms with Gasteiger partial charge in [0.05, 0.1) is 11.3 Å². The summed E-state index contributed by atoms with van der Waals surface area (Å²) < 4.78 is 0. The minimum absolute atomic E-state index is 0.111. The first kappa shape index (κ1) is 19.0. The van der Waals surface area contributed by atoms with Crippen molar-refractivity contribution in [3.05, 3.63) is 59.2 Å². The molecular weight excluding hydrogens is 334 g/mol. The summed E-state index contributed by atoms with van der Waals surface area (Å²) in [5.41, 5.74) is 3.00. The molecule has 0 radical (unpaired) electrons. The highest BCUT2D eigenvalue weighted by Gasteiger charge is 2.23. The van der Waals surface area contributed by atoms with Gasteiger partial charge in [-0.25, -0.2) is 4.79 Å². The van der Waals surface area contributed by atoms with E-state index in [9.17, 15) is 14.4 Å².